The first-order valence-corrected chi connectivity index (χ1v) is 13.9. The van der Waals surface area contributed by atoms with Crippen LogP contribution in [0.25, 0.3) is 10.9 Å². The number of carbonyl (C=O) groups excluding carboxylic acids is 1. The number of methoxy groups -OCH3 is 1. The van der Waals surface area contributed by atoms with Crippen molar-refractivity contribution in [1.29, 1.82) is 0 Å². The quantitative estimate of drug-likeness (QED) is 0.348. The lowest BCUT2D eigenvalue weighted by Crippen LogP contribution is -2.52. The van der Waals surface area contributed by atoms with Crippen LogP contribution in [0.2, 0.25) is 0 Å². The summed E-state index contributed by atoms with van der Waals surface area (Å²) >= 11 is 0. The maximum absolute atomic E-state index is 13.1. The third kappa shape index (κ3) is 4.73. The number of benzene rings is 2. The fourth-order valence-corrected chi connectivity index (χ4v) is 6.76. The Morgan fingerprint density at radius 2 is 1.87 bits per heavy atom. The Kier molecular flexibility index (Phi) is 7.08. The summed E-state index contributed by atoms with van der Waals surface area (Å²) in [5, 5.41) is 1.04. The minimum Gasteiger partial charge on any atom is -0.496 e. The van der Waals surface area contributed by atoms with Crippen LogP contribution in [0.4, 0.5) is 4.79 Å². The van der Waals surface area contributed by atoms with Gasteiger partial charge in [-0.2, -0.15) is 0 Å². The average Bonchev–Trinajstić information content (AvgIpc) is 3.38. The maximum Gasteiger partial charge on any atom is 0.419 e. The van der Waals surface area contributed by atoms with Crippen LogP contribution >= 0.6 is 0 Å². The largest absolute Gasteiger partial charge is 0.496 e. The number of aryl methyl sites for hydroxylation is 2. The van der Waals surface area contributed by atoms with Crippen molar-refractivity contribution in [3.63, 3.8) is 0 Å². The van der Waals surface area contributed by atoms with Crippen LogP contribution in [0.1, 0.15) is 75.6 Å². The molecule has 3 heterocycles. The number of hydrogen-bond acceptors (Lipinski definition) is 5. The summed E-state index contributed by atoms with van der Waals surface area (Å²) in [7, 11) is 1.74. The number of piperidine rings is 1. The highest BCUT2D eigenvalue weighted by Gasteiger charge is 2.53. The third-order valence-corrected chi connectivity index (χ3v) is 8.34. The Labute approximate surface area is 226 Å². The monoisotopic (exact) mass is 518 g/mol. The van der Waals surface area contributed by atoms with Gasteiger partial charge in [-0.3, -0.25) is 9.47 Å². The van der Waals surface area contributed by atoms with Crippen molar-refractivity contribution in [1.82, 2.24) is 9.47 Å². The first kappa shape index (κ1) is 26.8. The van der Waals surface area contributed by atoms with Crippen LogP contribution in [0.3, 0.4) is 0 Å². The molecule has 0 N–H and O–H groups in total. The molecule has 2 bridgehead atoms. The lowest BCUT2D eigenvalue weighted by atomic mass is 9.79. The molecule has 0 saturated carbocycles. The molecule has 204 valence electrons. The molecular weight excluding hydrogens is 476 g/mol. The molecule has 2 aliphatic rings. The summed E-state index contributed by atoms with van der Waals surface area (Å²) < 4.78 is 19.5. The predicted octanol–water partition coefficient (Wildman–Crippen LogP) is 7.11. The smallest absolute Gasteiger partial charge is 0.419 e. The maximum atomic E-state index is 13.1. The molecule has 3 atom stereocenters. The van der Waals surface area contributed by atoms with Gasteiger partial charge in [-0.1, -0.05) is 29.8 Å². The second kappa shape index (κ2) is 10.0. The molecule has 2 aromatic carbocycles. The molecule has 1 aromatic heterocycles. The van der Waals surface area contributed by atoms with E-state index in [9.17, 15) is 4.79 Å². The average molecular weight is 519 g/mol. The van der Waals surface area contributed by atoms with E-state index in [1.807, 2.05) is 40.0 Å². The normalized spacial score (nSPS) is 23.7. The minimum absolute atomic E-state index is 0.0909. The molecule has 0 amide bonds. The fourth-order valence-electron chi connectivity index (χ4n) is 6.76. The predicted molar refractivity (Wildman–Crippen MR) is 151 cm³/mol. The number of rotatable bonds is 6. The van der Waals surface area contributed by atoms with Gasteiger partial charge in [-0.05, 0) is 90.5 Å². The summed E-state index contributed by atoms with van der Waals surface area (Å²) in [5.74, 6) is 0.863. The van der Waals surface area contributed by atoms with Gasteiger partial charge in [0.2, 0.25) is 0 Å². The van der Waals surface area contributed by atoms with Crippen molar-refractivity contribution in [2.75, 3.05) is 13.7 Å². The van der Waals surface area contributed by atoms with E-state index >= 15 is 0 Å². The van der Waals surface area contributed by atoms with E-state index in [0.717, 1.165) is 66.6 Å². The Morgan fingerprint density at radius 1 is 1.13 bits per heavy atom. The summed E-state index contributed by atoms with van der Waals surface area (Å²) in [6.07, 6.45) is 6.02. The van der Waals surface area contributed by atoms with Gasteiger partial charge in [0.15, 0.2) is 0 Å². The van der Waals surface area contributed by atoms with Crippen molar-refractivity contribution in [3.05, 3.63) is 64.8 Å². The van der Waals surface area contributed by atoms with Gasteiger partial charge in [0.1, 0.15) is 11.4 Å². The molecule has 6 heteroatoms. The molecule has 1 unspecified atom stereocenters. The molecule has 2 aliphatic heterocycles. The summed E-state index contributed by atoms with van der Waals surface area (Å²) in [4.78, 5) is 15.8. The van der Waals surface area contributed by atoms with Crippen molar-refractivity contribution in [3.8, 4) is 5.75 Å². The summed E-state index contributed by atoms with van der Waals surface area (Å²) in [5.41, 5.74) is 4.97. The molecule has 3 aromatic rings. The van der Waals surface area contributed by atoms with Crippen LogP contribution in [0, 0.1) is 13.8 Å². The highest BCUT2D eigenvalue weighted by molar-refractivity contribution is 5.95. The van der Waals surface area contributed by atoms with Crippen LogP contribution in [0.15, 0.2) is 42.6 Å². The first-order chi connectivity index (χ1) is 18.1. The highest BCUT2D eigenvalue weighted by Crippen LogP contribution is 2.53. The Balaban J connectivity index is 1.60. The summed E-state index contributed by atoms with van der Waals surface area (Å²) in [6.45, 7) is 13.4. The number of fused-ring (bicyclic) bond motifs is 3. The van der Waals surface area contributed by atoms with Crippen molar-refractivity contribution in [2.24, 2.45) is 0 Å². The van der Waals surface area contributed by atoms with Gasteiger partial charge in [0, 0.05) is 41.9 Å². The first-order valence-electron chi connectivity index (χ1n) is 13.9. The third-order valence-electron chi connectivity index (χ3n) is 8.34. The van der Waals surface area contributed by atoms with Gasteiger partial charge in [-0.25, -0.2) is 4.79 Å². The Morgan fingerprint density at radius 3 is 2.53 bits per heavy atom. The molecule has 0 radical (unpaired) electrons. The second-order valence-corrected chi connectivity index (χ2v) is 12.0. The van der Waals surface area contributed by atoms with Gasteiger partial charge in [0.05, 0.1) is 18.7 Å². The van der Waals surface area contributed by atoms with Crippen LogP contribution in [-0.2, 0) is 21.6 Å². The standard InChI is InChI=1S/C32H42N2O4/c1-8-37-25-18-24-13-15-32(19-25,23-11-9-21(2)10-12-23)34(24)20-27-26-14-16-33(30(35)38-31(4,5)6)29(26)22(3)17-28(27)36-7/h9-12,14,16-17,24-25H,8,13,15,18-20H2,1-7H3/t24-,25+,32?/m1/s1. The lowest BCUT2D eigenvalue weighted by Gasteiger charge is -2.48. The van der Waals surface area contributed by atoms with Crippen LogP contribution in [0.5, 0.6) is 5.75 Å². The van der Waals surface area contributed by atoms with Crippen LogP contribution in [-0.4, -0.2) is 47.0 Å². The molecule has 0 aliphatic carbocycles. The second-order valence-electron chi connectivity index (χ2n) is 12.0. The number of carbonyl (C=O) groups is 1. The highest BCUT2D eigenvalue weighted by atomic mass is 16.6. The van der Waals surface area contributed by atoms with Crippen molar-refractivity contribution < 1.29 is 19.0 Å². The minimum atomic E-state index is -0.568. The topological polar surface area (TPSA) is 52.9 Å². The zero-order chi connectivity index (χ0) is 27.2. The van der Waals surface area contributed by atoms with Gasteiger partial charge in [0.25, 0.3) is 0 Å². The number of aromatic nitrogens is 1. The number of nitrogens with zero attached hydrogens (tertiary/aromatic N) is 2. The van der Waals surface area contributed by atoms with E-state index in [1.54, 1.807) is 11.7 Å². The number of hydrogen-bond donors (Lipinski definition) is 0. The van der Waals surface area contributed by atoms with E-state index in [2.05, 4.69) is 49.1 Å². The van der Waals surface area contributed by atoms with Gasteiger partial charge in [-0.15, -0.1) is 0 Å². The molecule has 5 rings (SSSR count). The SMILES string of the molecule is CCO[C@H]1C[C@H]2CCC(c3ccc(C)cc3)(C1)N2Cc1c(OC)cc(C)c2c1ccn2C(=O)OC(C)(C)C. The lowest BCUT2D eigenvalue weighted by molar-refractivity contribution is -0.0593. The fraction of sp³-hybridized carbons (Fsp3) is 0.531. The Hall–Kier alpha value is -2.83. The van der Waals surface area contributed by atoms with E-state index in [1.165, 1.54) is 11.1 Å². The number of ether oxygens (including phenoxy) is 3. The molecular formula is C32H42N2O4. The molecule has 38 heavy (non-hydrogen) atoms. The van der Waals surface area contributed by atoms with E-state index in [0.29, 0.717) is 6.04 Å². The van der Waals surface area contributed by atoms with Gasteiger partial charge >= 0.3 is 6.09 Å². The molecule has 0 spiro atoms. The van der Waals surface area contributed by atoms with Gasteiger partial charge < -0.3 is 14.2 Å². The molecule has 2 fully saturated rings. The van der Waals surface area contributed by atoms with Crippen molar-refractivity contribution >= 4 is 17.0 Å². The zero-order valence-electron chi connectivity index (χ0n) is 24.0. The Bertz CT molecular complexity index is 1320. The molecule has 2 saturated heterocycles. The van der Waals surface area contributed by atoms with Crippen LogP contribution < -0.4 is 4.74 Å². The molecule has 6 nitrogen and oxygen atoms in total. The van der Waals surface area contributed by atoms with E-state index in [-0.39, 0.29) is 17.7 Å². The van der Waals surface area contributed by atoms with E-state index in [4.69, 9.17) is 14.2 Å². The summed E-state index contributed by atoms with van der Waals surface area (Å²) in [6, 6.07) is 13.6. The zero-order valence-corrected chi connectivity index (χ0v) is 24.0. The van der Waals surface area contributed by atoms with Crippen molar-refractivity contribution in [2.45, 2.75) is 97.1 Å². The van der Waals surface area contributed by atoms with E-state index < -0.39 is 5.60 Å².